The normalized spacial score (nSPS) is 10.6. The predicted octanol–water partition coefficient (Wildman–Crippen LogP) is 2.62. The maximum atomic E-state index is 12.0. The zero-order chi connectivity index (χ0) is 12.6. The zero-order valence-electron chi connectivity index (χ0n) is 10.1. The Labute approximate surface area is 103 Å². The standard InChI is InChI=1S/C11H13N3O2S/c1-5-9(7(3)16-14-5)13-11(15)10-6(2)12-8(4)17-10/h1-4H3,(H,13,15). The second-order valence-electron chi connectivity index (χ2n) is 3.80. The van der Waals surface area contributed by atoms with Gasteiger partial charge in [-0.25, -0.2) is 4.98 Å². The van der Waals surface area contributed by atoms with Gasteiger partial charge in [0.05, 0.1) is 10.7 Å². The Morgan fingerprint density at radius 3 is 2.41 bits per heavy atom. The Kier molecular flexibility index (Phi) is 2.97. The molecule has 0 spiro atoms. The Morgan fingerprint density at radius 2 is 1.94 bits per heavy atom. The van der Waals surface area contributed by atoms with E-state index in [9.17, 15) is 4.79 Å². The monoisotopic (exact) mass is 251 g/mol. The summed E-state index contributed by atoms with van der Waals surface area (Å²) in [6, 6.07) is 0. The third kappa shape index (κ3) is 2.21. The summed E-state index contributed by atoms with van der Waals surface area (Å²) in [5, 5.41) is 7.47. The fraction of sp³-hybridized carbons (Fsp3) is 0.364. The molecule has 6 heteroatoms. The number of carbonyl (C=O) groups excluding carboxylic acids is 1. The second-order valence-corrected chi connectivity index (χ2v) is 5.00. The van der Waals surface area contributed by atoms with Crippen LogP contribution in [0, 0.1) is 27.7 Å². The first-order chi connectivity index (χ1) is 7.99. The fourth-order valence-electron chi connectivity index (χ4n) is 1.57. The molecule has 2 rings (SSSR count). The van der Waals surface area contributed by atoms with E-state index in [1.54, 1.807) is 13.8 Å². The van der Waals surface area contributed by atoms with Gasteiger partial charge in [0.25, 0.3) is 5.91 Å². The van der Waals surface area contributed by atoms with Crippen molar-refractivity contribution in [3.8, 4) is 0 Å². The number of thiazole rings is 1. The van der Waals surface area contributed by atoms with Crippen LogP contribution in [0.3, 0.4) is 0 Å². The maximum Gasteiger partial charge on any atom is 0.267 e. The molecule has 17 heavy (non-hydrogen) atoms. The molecule has 1 amide bonds. The van der Waals surface area contributed by atoms with E-state index in [1.165, 1.54) is 11.3 Å². The van der Waals surface area contributed by atoms with Gasteiger partial charge in [-0.3, -0.25) is 4.79 Å². The average molecular weight is 251 g/mol. The average Bonchev–Trinajstić information content (AvgIpc) is 2.74. The smallest absolute Gasteiger partial charge is 0.267 e. The molecular formula is C11H13N3O2S. The van der Waals surface area contributed by atoms with E-state index in [0.717, 1.165) is 10.7 Å². The van der Waals surface area contributed by atoms with Gasteiger partial charge in [-0.05, 0) is 27.7 Å². The van der Waals surface area contributed by atoms with Crippen molar-refractivity contribution in [3.05, 3.63) is 27.0 Å². The van der Waals surface area contributed by atoms with Crippen molar-refractivity contribution in [2.45, 2.75) is 27.7 Å². The van der Waals surface area contributed by atoms with Gasteiger partial charge in [-0.2, -0.15) is 0 Å². The predicted molar refractivity (Wildman–Crippen MR) is 65.5 cm³/mol. The van der Waals surface area contributed by atoms with Crippen LogP contribution in [-0.4, -0.2) is 16.0 Å². The Balaban J connectivity index is 2.26. The molecule has 0 aliphatic heterocycles. The highest BCUT2D eigenvalue weighted by Crippen LogP contribution is 2.22. The lowest BCUT2D eigenvalue weighted by molar-refractivity contribution is 0.102. The number of amides is 1. The number of hydrogen-bond donors (Lipinski definition) is 1. The van der Waals surface area contributed by atoms with Gasteiger partial charge < -0.3 is 9.84 Å². The van der Waals surface area contributed by atoms with Crippen LogP contribution in [0.15, 0.2) is 4.52 Å². The molecule has 0 fully saturated rings. The first-order valence-electron chi connectivity index (χ1n) is 5.17. The molecule has 0 aromatic carbocycles. The lowest BCUT2D eigenvalue weighted by Crippen LogP contribution is -2.12. The van der Waals surface area contributed by atoms with E-state index in [2.05, 4.69) is 15.5 Å². The molecule has 0 unspecified atom stereocenters. The quantitative estimate of drug-likeness (QED) is 0.890. The van der Waals surface area contributed by atoms with Gasteiger partial charge in [0.1, 0.15) is 16.3 Å². The summed E-state index contributed by atoms with van der Waals surface area (Å²) in [7, 11) is 0. The summed E-state index contributed by atoms with van der Waals surface area (Å²) in [5.41, 5.74) is 2.06. The third-order valence-electron chi connectivity index (χ3n) is 2.38. The Bertz CT molecular complexity index is 552. The van der Waals surface area contributed by atoms with E-state index in [1.807, 2.05) is 13.8 Å². The second kappa shape index (κ2) is 4.29. The molecule has 0 aliphatic carbocycles. The van der Waals surface area contributed by atoms with Gasteiger partial charge in [-0.15, -0.1) is 11.3 Å². The Hall–Kier alpha value is -1.69. The number of anilines is 1. The van der Waals surface area contributed by atoms with Crippen LogP contribution in [0.5, 0.6) is 0 Å². The number of rotatable bonds is 2. The highest BCUT2D eigenvalue weighted by molar-refractivity contribution is 7.13. The SMILES string of the molecule is Cc1nc(C)c(C(=O)Nc2c(C)noc2C)s1. The largest absolute Gasteiger partial charge is 0.359 e. The van der Waals surface area contributed by atoms with Crippen LogP contribution in [0.2, 0.25) is 0 Å². The molecule has 0 atom stereocenters. The molecular weight excluding hydrogens is 238 g/mol. The van der Waals surface area contributed by atoms with E-state index in [-0.39, 0.29) is 5.91 Å². The van der Waals surface area contributed by atoms with Gasteiger partial charge in [0.15, 0.2) is 5.76 Å². The van der Waals surface area contributed by atoms with Crippen molar-refractivity contribution in [2.75, 3.05) is 5.32 Å². The molecule has 1 N–H and O–H groups in total. The summed E-state index contributed by atoms with van der Waals surface area (Å²) in [5.74, 6) is 0.442. The van der Waals surface area contributed by atoms with Gasteiger partial charge in [0.2, 0.25) is 0 Å². The number of carbonyl (C=O) groups is 1. The number of aromatic nitrogens is 2. The van der Waals surface area contributed by atoms with Gasteiger partial charge >= 0.3 is 0 Å². The lowest BCUT2D eigenvalue weighted by Gasteiger charge is -2.02. The van der Waals surface area contributed by atoms with Crippen LogP contribution in [0.4, 0.5) is 5.69 Å². The van der Waals surface area contributed by atoms with E-state index in [0.29, 0.717) is 22.0 Å². The minimum Gasteiger partial charge on any atom is -0.359 e. The van der Waals surface area contributed by atoms with Crippen molar-refractivity contribution in [1.29, 1.82) is 0 Å². The number of aryl methyl sites for hydroxylation is 4. The topological polar surface area (TPSA) is 68.0 Å². The van der Waals surface area contributed by atoms with Crippen LogP contribution in [0.25, 0.3) is 0 Å². The molecule has 0 saturated heterocycles. The summed E-state index contributed by atoms with van der Waals surface area (Å²) in [4.78, 5) is 16.9. The molecule has 2 heterocycles. The first kappa shape index (κ1) is 11.8. The summed E-state index contributed by atoms with van der Waals surface area (Å²) < 4.78 is 4.99. The number of hydrogen-bond acceptors (Lipinski definition) is 5. The van der Waals surface area contributed by atoms with E-state index < -0.39 is 0 Å². The molecule has 2 aromatic heterocycles. The van der Waals surface area contributed by atoms with Crippen molar-refractivity contribution >= 4 is 22.9 Å². The Morgan fingerprint density at radius 1 is 1.24 bits per heavy atom. The molecule has 0 bridgehead atoms. The van der Waals surface area contributed by atoms with E-state index >= 15 is 0 Å². The van der Waals surface area contributed by atoms with Crippen LogP contribution in [-0.2, 0) is 0 Å². The molecule has 2 aromatic rings. The van der Waals surface area contributed by atoms with Gasteiger partial charge in [0, 0.05) is 0 Å². The van der Waals surface area contributed by atoms with E-state index in [4.69, 9.17) is 4.52 Å². The van der Waals surface area contributed by atoms with Crippen molar-refractivity contribution in [1.82, 2.24) is 10.1 Å². The third-order valence-corrected chi connectivity index (χ3v) is 3.45. The molecule has 5 nitrogen and oxygen atoms in total. The molecule has 0 radical (unpaired) electrons. The van der Waals surface area contributed by atoms with Gasteiger partial charge in [-0.1, -0.05) is 5.16 Å². The van der Waals surface area contributed by atoms with Crippen molar-refractivity contribution < 1.29 is 9.32 Å². The minimum atomic E-state index is -0.164. The van der Waals surface area contributed by atoms with Crippen LogP contribution >= 0.6 is 11.3 Å². The molecule has 90 valence electrons. The highest BCUT2D eigenvalue weighted by atomic mass is 32.1. The van der Waals surface area contributed by atoms with Crippen LogP contribution in [0.1, 0.15) is 31.8 Å². The zero-order valence-corrected chi connectivity index (χ0v) is 10.9. The fourth-order valence-corrected chi connectivity index (χ4v) is 2.39. The van der Waals surface area contributed by atoms with Crippen molar-refractivity contribution in [3.63, 3.8) is 0 Å². The maximum absolute atomic E-state index is 12.0. The molecule has 0 saturated carbocycles. The molecule has 0 aliphatic rings. The first-order valence-corrected chi connectivity index (χ1v) is 5.99. The van der Waals surface area contributed by atoms with Crippen molar-refractivity contribution in [2.24, 2.45) is 0 Å². The van der Waals surface area contributed by atoms with Crippen LogP contribution < -0.4 is 5.32 Å². The highest BCUT2D eigenvalue weighted by Gasteiger charge is 2.17. The lowest BCUT2D eigenvalue weighted by atomic mass is 10.3. The summed E-state index contributed by atoms with van der Waals surface area (Å²) in [6.45, 7) is 7.26. The number of nitrogens with zero attached hydrogens (tertiary/aromatic N) is 2. The minimum absolute atomic E-state index is 0.164. The number of nitrogens with one attached hydrogen (secondary N) is 1. The summed E-state index contributed by atoms with van der Waals surface area (Å²) >= 11 is 1.38. The summed E-state index contributed by atoms with van der Waals surface area (Å²) in [6.07, 6.45) is 0.